The monoisotopic (exact) mass is 529 g/mol. The number of benzene rings is 1. The molecular formula is C24H40IN3O2. The Morgan fingerprint density at radius 2 is 1.90 bits per heavy atom. The zero-order valence-electron chi connectivity index (χ0n) is 18.9. The molecule has 5 nitrogen and oxygen atoms in total. The molecule has 0 saturated carbocycles. The number of aliphatic imine (C=N–C) groups is 1. The van der Waals surface area contributed by atoms with Gasteiger partial charge in [0.15, 0.2) is 5.96 Å². The van der Waals surface area contributed by atoms with Gasteiger partial charge in [-0.15, -0.1) is 24.0 Å². The molecule has 3 rings (SSSR count). The van der Waals surface area contributed by atoms with Crippen LogP contribution in [0.25, 0.3) is 0 Å². The van der Waals surface area contributed by atoms with Gasteiger partial charge in [-0.25, -0.2) is 0 Å². The number of guanidine groups is 1. The maximum absolute atomic E-state index is 6.17. The van der Waals surface area contributed by atoms with E-state index in [0.717, 1.165) is 64.6 Å². The molecule has 30 heavy (non-hydrogen) atoms. The van der Waals surface area contributed by atoms with E-state index in [2.05, 4.69) is 61.3 Å². The van der Waals surface area contributed by atoms with Crippen LogP contribution < -0.4 is 5.32 Å². The molecule has 1 unspecified atom stereocenters. The van der Waals surface area contributed by atoms with Gasteiger partial charge in [-0.3, -0.25) is 4.99 Å². The summed E-state index contributed by atoms with van der Waals surface area (Å²) in [5, 5.41) is 3.49. The molecule has 2 aliphatic heterocycles. The van der Waals surface area contributed by atoms with Gasteiger partial charge in [0, 0.05) is 31.7 Å². The molecule has 0 spiro atoms. The van der Waals surface area contributed by atoms with E-state index < -0.39 is 0 Å². The van der Waals surface area contributed by atoms with Crippen molar-refractivity contribution in [1.29, 1.82) is 0 Å². The Kier molecular flexibility index (Phi) is 10.9. The second kappa shape index (κ2) is 12.9. The molecule has 6 heteroatoms. The molecule has 0 aromatic heterocycles. The highest BCUT2D eigenvalue weighted by Crippen LogP contribution is 2.23. The van der Waals surface area contributed by atoms with Crippen LogP contribution in [-0.4, -0.2) is 62.5 Å². The third-order valence-electron chi connectivity index (χ3n) is 6.05. The summed E-state index contributed by atoms with van der Waals surface area (Å²) in [7, 11) is 0. The molecule has 0 radical (unpaired) electrons. The van der Waals surface area contributed by atoms with E-state index in [1.807, 2.05) is 0 Å². The van der Waals surface area contributed by atoms with Crippen molar-refractivity contribution in [3.8, 4) is 0 Å². The smallest absolute Gasteiger partial charge is 0.193 e. The SMILES string of the molecule is CCNC(=NCC(C)(C)c1ccccc1)N1CCC(OCC2CCCCO2)CC1.I. The lowest BCUT2D eigenvalue weighted by Gasteiger charge is -2.35. The lowest BCUT2D eigenvalue weighted by Crippen LogP contribution is -2.47. The Morgan fingerprint density at radius 1 is 1.17 bits per heavy atom. The first-order valence-corrected chi connectivity index (χ1v) is 11.4. The molecule has 1 aromatic carbocycles. The van der Waals surface area contributed by atoms with Crippen molar-refractivity contribution < 1.29 is 9.47 Å². The Hall–Kier alpha value is -0.860. The van der Waals surface area contributed by atoms with Crippen molar-refractivity contribution in [1.82, 2.24) is 10.2 Å². The minimum absolute atomic E-state index is 0. The van der Waals surface area contributed by atoms with Gasteiger partial charge in [0.25, 0.3) is 0 Å². The van der Waals surface area contributed by atoms with E-state index >= 15 is 0 Å². The Bertz CT molecular complexity index is 625. The third-order valence-corrected chi connectivity index (χ3v) is 6.05. The van der Waals surface area contributed by atoms with Crippen molar-refractivity contribution >= 4 is 29.9 Å². The van der Waals surface area contributed by atoms with Crippen LogP contribution in [0.3, 0.4) is 0 Å². The van der Waals surface area contributed by atoms with E-state index in [-0.39, 0.29) is 29.4 Å². The summed E-state index contributed by atoms with van der Waals surface area (Å²) in [6.07, 6.45) is 6.38. The molecule has 2 fully saturated rings. The average molecular weight is 530 g/mol. The fourth-order valence-electron chi connectivity index (χ4n) is 4.10. The minimum Gasteiger partial charge on any atom is -0.376 e. The van der Waals surface area contributed by atoms with Gasteiger partial charge in [-0.2, -0.15) is 0 Å². The summed E-state index contributed by atoms with van der Waals surface area (Å²) in [4.78, 5) is 7.39. The normalized spacial score (nSPS) is 21.2. The molecular weight excluding hydrogens is 489 g/mol. The quantitative estimate of drug-likeness (QED) is 0.319. The summed E-state index contributed by atoms with van der Waals surface area (Å²) in [5.41, 5.74) is 1.35. The molecule has 1 atom stereocenters. The zero-order valence-corrected chi connectivity index (χ0v) is 21.3. The first-order valence-electron chi connectivity index (χ1n) is 11.4. The predicted molar refractivity (Wildman–Crippen MR) is 135 cm³/mol. The number of rotatable bonds is 7. The van der Waals surface area contributed by atoms with Gasteiger partial charge >= 0.3 is 0 Å². The standard InChI is InChI=1S/C24H39N3O2.HI/c1-4-25-23(26-19-24(2,3)20-10-6-5-7-11-20)27-15-13-21(14-16-27)29-18-22-12-8-9-17-28-22;/h5-7,10-11,21-22H,4,8-9,12-19H2,1-3H3,(H,25,26);1H. The van der Waals surface area contributed by atoms with E-state index in [1.54, 1.807) is 0 Å². The van der Waals surface area contributed by atoms with Crippen LogP contribution in [0.5, 0.6) is 0 Å². The van der Waals surface area contributed by atoms with Crippen LogP contribution in [0.15, 0.2) is 35.3 Å². The van der Waals surface area contributed by atoms with Crippen LogP contribution in [0.4, 0.5) is 0 Å². The number of likely N-dealkylation sites (tertiary alicyclic amines) is 1. The maximum atomic E-state index is 6.17. The van der Waals surface area contributed by atoms with Crippen molar-refractivity contribution in [3.63, 3.8) is 0 Å². The highest BCUT2D eigenvalue weighted by atomic mass is 127. The second-order valence-corrected chi connectivity index (χ2v) is 8.93. The maximum Gasteiger partial charge on any atom is 0.193 e. The van der Waals surface area contributed by atoms with E-state index in [9.17, 15) is 0 Å². The minimum atomic E-state index is 0. The largest absolute Gasteiger partial charge is 0.376 e. The summed E-state index contributed by atoms with van der Waals surface area (Å²) in [5.74, 6) is 1.03. The number of hydrogen-bond acceptors (Lipinski definition) is 3. The first kappa shape index (κ1) is 25.4. The molecule has 1 N–H and O–H groups in total. The van der Waals surface area contributed by atoms with Gasteiger partial charge in [-0.1, -0.05) is 44.2 Å². The molecule has 0 aliphatic carbocycles. The van der Waals surface area contributed by atoms with Gasteiger partial charge < -0.3 is 19.7 Å². The third kappa shape index (κ3) is 7.68. The van der Waals surface area contributed by atoms with Gasteiger partial charge in [0.1, 0.15) is 0 Å². The molecule has 170 valence electrons. The molecule has 1 aromatic rings. The second-order valence-electron chi connectivity index (χ2n) is 8.93. The van der Waals surface area contributed by atoms with E-state index in [0.29, 0.717) is 12.2 Å². The van der Waals surface area contributed by atoms with Crippen molar-refractivity contribution in [2.24, 2.45) is 4.99 Å². The van der Waals surface area contributed by atoms with Gasteiger partial charge in [-0.05, 0) is 44.6 Å². The fraction of sp³-hybridized carbons (Fsp3) is 0.708. The number of nitrogens with one attached hydrogen (secondary N) is 1. The molecule has 0 amide bonds. The number of nitrogens with zero attached hydrogens (tertiary/aromatic N) is 2. The number of halogens is 1. The molecule has 2 saturated heterocycles. The van der Waals surface area contributed by atoms with Crippen LogP contribution in [0, 0.1) is 0 Å². The summed E-state index contributed by atoms with van der Waals surface area (Å²) in [6.45, 7) is 12.0. The molecule has 0 bridgehead atoms. The average Bonchev–Trinajstić information content (AvgIpc) is 2.77. The fourth-order valence-corrected chi connectivity index (χ4v) is 4.10. The summed E-state index contributed by atoms with van der Waals surface area (Å²) in [6, 6.07) is 10.7. The zero-order chi connectivity index (χ0) is 20.5. The van der Waals surface area contributed by atoms with Crippen LogP contribution in [0.2, 0.25) is 0 Å². The van der Waals surface area contributed by atoms with Gasteiger partial charge in [0.05, 0.1) is 25.4 Å². The molecule has 2 heterocycles. The Labute approximate surface area is 200 Å². The van der Waals surface area contributed by atoms with Crippen LogP contribution in [0.1, 0.15) is 58.4 Å². The lowest BCUT2D eigenvalue weighted by molar-refractivity contribution is -0.0721. The van der Waals surface area contributed by atoms with Crippen molar-refractivity contribution in [3.05, 3.63) is 35.9 Å². The molecule has 2 aliphatic rings. The number of ether oxygens (including phenoxy) is 2. The van der Waals surface area contributed by atoms with Crippen molar-refractivity contribution in [2.45, 2.75) is 70.5 Å². The predicted octanol–water partition coefficient (Wildman–Crippen LogP) is 4.60. The first-order chi connectivity index (χ1) is 14.1. The van der Waals surface area contributed by atoms with Gasteiger partial charge in [0.2, 0.25) is 0 Å². The number of piperidine rings is 1. The summed E-state index contributed by atoms with van der Waals surface area (Å²) < 4.78 is 12.0. The number of hydrogen-bond donors (Lipinski definition) is 1. The van der Waals surface area contributed by atoms with E-state index in [4.69, 9.17) is 14.5 Å². The topological polar surface area (TPSA) is 46.1 Å². The highest BCUT2D eigenvalue weighted by molar-refractivity contribution is 14.0. The van der Waals surface area contributed by atoms with E-state index in [1.165, 1.54) is 18.4 Å². The van der Waals surface area contributed by atoms with Crippen molar-refractivity contribution in [2.75, 3.05) is 39.4 Å². The Morgan fingerprint density at radius 3 is 2.53 bits per heavy atom. The Balaban J connectivity index is 0.00000320. The highest BCUT2D eigenvalue weighted by Gasteiger charge is 2.25. The van der Waals surface area contributed by atoms with Crippen LogP contribution in [-0.2, 0) is 14.9 Å². The summed E-state index contributed by atoms with van der Waals surface area (Å²) >= 11 is 0. The lowest BCUT2D eigenvalue weighted by atomic mass is 9.85. The van der Waals surface area contributed by atoms with Crippen LogP contribution >= 0.6 is 24.0 Å².